The lowest BCUT2D eigenvalue weighted by atomic mass is 9.89. The molecule has 1 atom stereocenters. The number of hydrogen-bond donors (Lipinski definition) is 2. The zero-order valence-corrected chi connectivity index (χ0v) is 8.92. The molecule has 1 saturated heterocycles. The van der Waals surface area contributed by atoms with E-state index in [2.05, 4.69) is 33.4 Å². The van der Waals surface area contributed by atoms with E-state index in [1.807, 2.05) is 12.1 Å². The summed E-state index contributed by atoms with van der Waals surface area (Å²) in [6, 6.07) is 8.46. The Bertz CT molecular complexity index is 279. The van der Waals surface area contributed by atoms with Crippen molar-refractivity contribution in [3.8, 4) is 0 Å². The van der Waals surface area contributed by atoms with E-state index >= 15 is 0 Å². The predicted molar refractivity (Wildman–Crippen MR) is 57.4 cm³/mol. The van der Waals surface area contributed by atoms with Crippen LogP contribution in [0.3, 0.4) is 0 Å². The van der Waals surface area contributed by atoms with Gasteiger partial charge >= 0.3 is 0 Å². The van der Waals surface area contributed by atoms with Crippen molar-refractivity contribution < 1.29 is 0 Å². The van der Waals surface area contributed by atoms with Crippen LogP contribution in [-0.2, 0) is 0 Å². The lowest BCUT2D eigenvalue weighted by Gasteiger charge is -2.32. The minimum Gasteiger partial charge on any atom is -0.324 e. The van der Waals surface area contributed by atoms with E-state index in [9.17, 15) is 0 Å². The first-order chi connectivity index (χ1) is 6.27. The minimum atomic E-state index is 0.189. The first-order valence-electron chi connectivity index (χ1n) is 4.49. The van der Waals surface area contributed by atoms with Gasteiger partial charge in [-0.1, -0.05) is 28.1 Å². The van der Waals surface area contributed by atoms with Crippen LogP contribution in [0.2, 0.25) is 0 Å². The topological polar surface area (TPSA) is 38.0 Å². The summed E-state index contributed by atoms with van der Waals surface area (Å²) in [6.07, 6.45) is 0. The van der Waals surface area contributed by atoms with Gasteiger partial charge in [0, 0.05) is 29.5 Å². The molecule has 0 aliphatic carbocycles. The maximum atomic E-state index is 6.10. The summed E-state index contributed by atoms with van der Waals surface area (Å²) in [7, 11) is 0. The summed E-state index contributed by atoms with van der Waals surface area (Å²) in [5.41, 5.74) is 7.33. The van der Waals surface area contributed by atoms with Gasteiger partial charge in [-0.15, -0.1) is 0 Å². The Morgan fingerprint density at radius 2 is 1.92 bits per heavy atom. The molecule has 1 heterocycles. The minimum absolute atomic E-state index is 0.189. The van der Waals surface area contributed by atoms with Crippen LogP contribution in [0.5, 0.6) is 0 Å². The van der Waals surface area contributed by atoms with Crippen LogP contribution in [0, 0.1) is 5.92 Å². The summed E-state index contributed by atoms with van der Waals surface area (Å²) in [5.74, 6) is 0.612. The zero-order chi connectivity index (χ0) is 9.26. The van der Waals surface area contributed by atoms with Crippen LogP contribution in [0.25, 0.3) is 0 Å². The fourth-order valence-corrected chi connectivity index (χ4v) is 1.79. The summed E-state index contributed by atoms with van der Waals surface area (Å²) in [4.78, 5) is 0. The smallest absolute Gasteiger partial charge is 0.0347 e. The van der Waals surface area contributed by atoms with Gasteiger partial charge in [0.25, 0.3) is 0 Å². The molecule has 0 amide bonds. The molecule has 1 aliphatic heterocycles. The number of nitrogens with one attached hydrogen (secondary N) is 1. The number of rotatable bonds is 2. The molecule has 3 N–H and O–H groups in total. The molecule has 2 rings (SSSR count). The molecule has 2 nitrogen and oxygen atoms in total. The zero-order valence-electron chi connectivity index (χ0n) is 7.33. The largest absolute Gasteiger partial charge is 0.324 e. The molecule has 1 fully saturated rings. The van der Waals surface area contributed by atoms with E-state index < -0.39 is 0 Å². The Labute approximate surface area is 86.6 Å². The monoisotopic (exact) mass is 240 g/mol. The van der Waals surface area contributed by atoms with Gasteiger partial charge in [-0.3, -0.25) is 0 Å². The van der Waals surface area contributed by atoms with Gasteiger partial charge in [0.1, 0.15) is 0 Å². The van der Waals surface area contributed by atoms with Gasteiger partial charge in [0.15, 0.2) is 0 Å². The first kappa shape index (κ1) is 9.19. The Kier molecular flexibility index (Phi) is 2.67. The molecule has 0 aromatic heterocycles. The average Bonchev–Trinajstić information content (AvgIpc) is 2.02. The summed E-state index contributed by atoms with van der Waals surface area (Å²) in [5, 5.41) is 3.23. The van der Waals surface area contributed by atoms with Crippen LogP contribution < -0.4 is 11.1 Å². The summed E-state index contributed by atoms with van der Waals surface area (Å²) in [6.45, 7) is 2.11. The van der Waals surface area contributed by atoms with E-state index in [4.69, 9.17) is 5.73 Å². The van der Waals surface area contributed by atoms with Crippen LogP contribution in [0.4, 0.5) is 0 Å². The lowest BCUT2D eigenvalue weighted by molar-refractivity contribution is 0.295. The van der Waals surface area contributed by atoms with Crippen molar-refractivity contribution in [2.75, 3.05) is 13.1 Å². The summed E-state index contributed by atoms with van der Waals surface area (Å²) < 4.78 is 1.11. The second-order valence-electron chi connectivity index (χ2n) is 3.50. The van der Waals surface area contributed by atoms with E-state index in [0.717, 1.165) is 17.6 Å². The number of halogens is 1. The standard InChI is InChI=1S/C10H13BrN2/c11-9-3-1-7(2-4-9)10(12)8-5-13-6-8/h1-4,8,10,13H,5-6,12H2. The molecule has 13 heavy (non-hydrogen) atoms. The van der Waals surface area contributed by atoms with Gasteiger partial charge in [0.2, 0.25) is 0 Å². The fourth-order valence-electron chi connectivity index (χ4n) is 1.52. The molecule has 1 aliphatic rings. The Morgan fingerprint density at radius 1 is 1.31 bits per heavy atom. The van der Waals surface area contributed by atoms with Gasteiger partial charge in [-0.2, -0.15) is 0 Å². The highest BCUT2D eigenvalue weighted by Gasteiger charge is 2.24. The summed E-state index contributed by atoms with van der Waals surface area (Å²) >= 11 is 3.41. The molecule has 1 aromatic rings. The van der Waals surface area contributed by atoms with Crippen molar-refractivity contribution in [2.45, 2.75) is 6.04 Å². The third-order valence-corrected chi connectivity index (χ3v) is 3.10. The van der Waals surface area contributed by atoms with Crippen LogP contribution in [0.1, 0.15) is 11.6 Å². The van der Waals surface area contributed by atoms with Crippen molar-refractivity contribution in [3.63, 3.8) is 0 Å². The van der Waals surface area contributed by atoms with Crippen molar-refractivity contribution in [1.82, 2.24) is 5.32 Å². The highest BCUT2D eigenvalue weighted by Crippen LogP contribution is 2.23. The molecular formula is C10H13BrN2. The molecule has 0 bridgehead atoms. The first-order valence-corrected chi connectivity index (χ1v) is 5.28. The quantitative estimate of drug-likeness (QED) is 0.826. The maximum Gasteiger partial charge on any atom is 0.0347 e. The van der Waals surface area contributed by atoms with Gasteiger partial charge in [-0.05, 0) is 17.7 Å². The van der Waals surface area contributed by atoms with Crippen molar-refractivity contribution >= 4 is 15.9 Å². The Balaban J connectivity index is 2.10. The number of benzene rings is 1. The van der Waals surface area contributed by atoms with Crippen LogP contribution >= 0.6 is 15.9 Å². The van der Waals surface area contributed by atoms with Gasteiger partial charge in [0.05, 0.1) is 0 Å². The second kappa shape index (κ2) is 3.78. The predicted octanol–water partition coefficient (Wildman–Crippen LogP) is 1.67. The Morgan fingerprint density at radius 3 is 2.38 bits per heavy atom. The molecule has 0 saturated carbocycles. The number of nitrogens with two attached hydrogens (primary N) is 1. The Hall–Kier alpha value is -0.380. The maximum absolute atomic E-state index is 6.10. The lowest BCUT2D eigenvalue weighted by Crippen LogP contribution is -2.47. The SMILES string of the molecule is NC(c1ccc(Br)cc1)C1CNC1. The highest BCUT2D eigenvalue weighted by molar-refractivity contribution is 9.10. The highest BCUT2D eigenvalue weighted by atomic mass is 79.9. The molecule has 3 heteroatoms. The average molecular weight is 241 g/mol. The van der Waals surface area contributed by atoms with Crippen LogP contribution in [-0.4, -0.2) is 13.1 Å². The molecule has 1 aromatic carbocycles. The van der Waals surface area contributed by atoms with E-state index in [1.165, 1.54) is 5.56 Å². The van der Waals surface area contributed by atoms with Crippen molar-refractivity contribution in [3.05, 3.63) is 34.3 Å². The molecular weight excluding hydrogens is 228 g/mol. The van der Waals surface area contributed by atoms with E-state index in [0.29, 0.717) is 5.92 Å². The van der Waals surface area contributed by atoms with Crippen molar-refractivity contribution in [1.29, 1.82) is 0 Å². The van der Waals surface area contributed by atoms with E-state index in [1.54, 1.807) is 0 Å². The second-order valence-corrected chi connectivity index (χ2v) is 4.41. The van der Waals surface area contributed by atoms with Crippen molar-refractivity contribution in [2.24, 2.45) is 11.7 Å². The third kappa shape index (κ3) is 1.93. The van der Waals surface area contributed by atoms with Gasteiger partial charge < -0.3 is 11.1 Å². The third-order valence-electron chi connectivity index (χ3n) is 2.58. The normalized spacial score (nSPS) is 19.5. The van der Waals surface area contributed by atoms with Gasteiger partial charge in [-0.25, -0.2) is 0 Å². The molecule has 0 radical (unpaired) electrons. The fraction of sp³-hybridized carbons (Fsp3) is 0.400. The van der Waals surface area contributed by atoms with E-state index in [-0.39, 0.29) is 6.04 Å². The molecule has 0 spiro atoms. The molecule has 70 valence electrons. The molecule has 1 unspecified atom stereocenters. The van der Waals surface area contributed by atoms with Crippen LogP contribution in [0.15, 0.2) is 28.7 Å². The number of hydrogen-bond acceptors (Lipinski definition) is 2.